The minimum Gasteiger partial charge on any atom is -0.351 e. The Labute approximate surface area is 132 Å². The highest BCUT2D eigenvalue weighted by molar-refractivity contribution is 5.99. The number of nitrogens with zero attached hydrogens (tertiary/aromatic N) is 1. The van der Waals surface area contributed by atoms with Crippen LogP contribution in [0.5, 0.6) is 0 Å². The normalized spacial score (nSPS) is 13.7. The van der Waals surface area contributed by atoms with Crippen molar-refractivity contribution in [2.75, 3.05) is 13.1 Å². The van der Waals surface area contributed by atoms with E-state index in [0.717, 1.165) is 18.4 Å². The van der Waals surface area contributed by atoms with Gasteiger partial charge in [0.2, 0.25) is 5.91 Å². The minimum atomic E-state index is -0.350. The fourth-order valence-electron chi connectivity index (χ4n) is 2.47. The van der Waals surface area contributed by atoms with E-state index in [1.165, 1.54) is 0 Å². The second kappa shape index (κ2) is 6.12. The maximum atomic E-state index is 12.2. The van der Waals surface area contributed by atoms with Crippen molar-refractivity contribution in [3.05, 3.63) is 46.9 Å². The summed E-state index contributed by atoms with van der Waals surface area (Å²) in [6.07, 6.45) is 3.52. The zero-order valence-electron chi connectivity index (χ0n) is 12.6. The van der Waals surface area contributed by atoms with Crippen LogP contribution in [0.15, 0.2) is 35.6 Å². The molecule has 1 fully saturated rings. The first kappa shape index (κ1) is 15.1. The van der Waals surface area contributed by atoms with Crippen molar-refractivity contribution in [1.29, 1.82) is 0 Å². The molecular formula is C16H18N4O3. The van der Waals surface area contributed by atoms with Crippen LogP contribution in [-0.2, 0) is 4.79 Å². The van der Waals surface area contributed by atoms with Gasteiger partial charge < -0.3 is 15.6 Å². The second-order valence-corrected chi connectivity index (χ2v) is 5.54. The molecule has 0 unspecified atom stereocenters. The van der Waals surface area contributed by atoms with Crippen molar-refractivity contribution in [2.45, 2.75) is 18.9 Å². The summed E-state index contributed by atoms with van der Waals surface area (Å²) < 4.78 is 1.70. The molecule has 0 aliphatic heterocycles. The van der Waals surface area contributed by atoms with Gasteiger partial charge in [0.15, 0.2) is 0 Å². The van der Waals surface area contributed by atoms with Crippen LogP contribution in [0.3, 0.4) is 0 Å². The molecule has 120 valence electrons. The van der Waals surface area contributed by atoms with E-state index < -0.39 is 0 Å². The average Bonchev–Trinajstić information content (AvgIpc) is 3.32. The Balaban J connectivity index is 1.76. The van der Waals surface area contributed by atoms with Gasteiger partial charge in [-0.15, -0.1) is 6.58 Å². The number of fused-ring (bicyclic) bond motifs is 1. The van der Waals surface area contributed by atoms with Crippen molar-refractivity contribution in [2.24, 2.45) is 0 Å². The number of hydrogen-bond donors (Lipinski definition) is 3. The summed E-state index contributed by atoms with van der Waals surface area (Å²) in [6, 6.07) is 5.25. The third kappa shape index (κ3) is 3.18. The highest BCUT2D eigenvalue weighted by Crippen LogP contribution is 2.35. The Bertz CT molecular complexity index is 829. The third-order valence-electron chi connectivity index (χ3n) is 3.74. The Hall–Kier alpha value is -2.83. The zero-order chi connectivity index (χ0) is 16.4. The first-order valence-corrected chi connectivity index (χ1v) is 7.50. The van der Waals surface area contributed by atoms with E-state index in [1.807, 2.05) is 0 Å². The molecule has 1 aromatic carbocycles. The van der Waals surface area contributed by atoms with Gasteiger partial charge in [-0.05, 0) is 31.0 Å². The van der Waals surface area contributed by atoms with Gasteiger partial charge in [0.1, 0.15) is 0 Å². The van der Waals surface area contributed by atoms with Crippen LogP contribution < -0.4 is 16.3 Å². The molecule has 0 radical (unpaired) electrons. The number of hydrogen-bond acceptors (Lipinski definition) is 3. The SMILES string of the molecule is C=CCNC(=O)CNC(=O)c1ccc2[nH]c(=O)n(C3CC3)c2c1. The van der Waals surface area contributed by atoms with Crippen molar-refractivity contribution in [3.8, 4) is 0 Å². The summed E-state index contributed by atoms with van der Waals surface area (Å²) in [6.45, 7) is 3.76. The maximum absolute atomic E-state index is 12.2. The summed E-state index contributed by atoms with van der Waals surface area (Å²) in [5, 5.41) is 5.14. The minimum absolute atomic E-state index is 0.104. The number of aromatic amines is 1. The Morgan fingerprint density at radius 3 is 2.83 bits per heavy atom. The summed E-state index contributed by atoms with van der Waals surface area (Å²) >= 11 is 0. The van der Waals surface area contributed by atoms with Crippen LogP contribution in [0.2, 0.25) is 0 Å². The lowest BCUT2D eigenvalue weighted by Crippen LogP contribution is -2.36. The van der Waals surface area contributed by atoms with E-state index in [0.29, 0.717) is 17.6 Å². The number of rotatable bonds is 6. The molecule has 2 aromatic rings. The van der Waals surface area contributed by atoms with Gasteiger partial charge in [-0.25, -0.2) is 4.79 Å². The van der Waals surface area contributed by atoms with E-state index in [1.54, 1.807) is 28.8 Å². The fraction of sp³-hybridized carbons (Fsp3) is 0.312. The molecule has 1 aromatic heterocycles. The van der Waals surface area contributed by atoms with E-state index in [4.69, 9.17) is 0 Å². The molecule has 1 saturated carbocycles. The van der Waals surface area contributed by atoms with Crippen molar-refractivity contribution < 1.29 is 9.59 Å². The molecule has 1 heterocycles. The first-order valence-electron chi connectivity index (χ1n) is 7.50. The topological polar surface area (TPSA) is 96.0 Å². The predicted molar refractivity (Wildman–Crippen MR) is 86.4 cm³/mol. The van der Waals surface area contributed by atoms with Gasteiger partial charge in [-0.3, -0.25) is 14.2 Å². The lowest BCUT2D eigenvalue weighted by atomic mass is 10.2. The number of carbonyl (C=O) groups excluding carboxylic acids is 2. The van der Waals surface area contributed by atoms with Crippen LogP contribution in [0, 0.1) is 0 Å². The van der Waals surface area contributed by atoms with E-state index in [2.05, 4.69) is 22.2 Å². The monoisotopic (exact) mass is 314 g/mol. The summed E-state index contributed by atoms with van der Waals surface area (Å²) in [7, 11) is 0. The molecule has 1 aliphatic carbocycles. The standard InChI is InChI=1S/C16H18N4O3/c1-2-7-17-14(21)9-18-15(22)10-3-6-12-13(8-10)20(11-4-5-11)16(23)19-12/h2-3,6,8,11H,1,4-5,7,9H2,(H,17,21)(H,18,22)(H,19,23). The Morgan fingerprint density at radius 1 is 1.35 bits per heavy atom. The molecule has 0 bridgehead atoms. The van der Waals surface area contributed by atoms with Crippen LogP contribution in [0.1, 0.15) is 29.2 Å². The molecular weight excluding hydrogens is 296 g/mol. The molecule has 3 N–H and O–H groups in total. The van der Waals surface area contributed by atoms with Crippen molar-refractivity contribution >= 4 is 22.8 Å². The molecule has 0 spiro atoms. The largest absolute Gasteiger partial charge is 0.351 e. The van der Waals surface area contributed by atoms with Crippen LogP contribution in [0.4, 0.5) is 0 Å². The summed E-state index contributed by atoms with van der Waals surface area (Å²) in [5.74, 6) is -0.632. The van der Waals surface area contributed by atoms with Crippen molar-refractivity contribution in [3.63, 3.8) is 0 Å². The molecule has 23 heavy (non-hydrogen) atoms. The number of imidazole rings is 1. The number of amides is 2. The molecule has 0 atom stereocenters. The van der Waals surface area contributed by atoms with Crippen molar-refractivity contribution in [1.82, 2.24) is 20.2 Å². The maximum Gasteiger partial charge on any atom is 0.326 e. The number of H-pyrrole nitrogens is 1. The van der Waals surface area contributed by atoms with Crippen LogP contribution in [0.25, 0.3) is 11.0 Å². The average molecular weight is 314 g/mol. The Morgan fingerprint density at radius 2 is 2.13 bits per heavy atom. The summed E-state index contributed by atoms with van der Waals surface area (Å²) in [4.78, 5) is 38.4. The summed E-state index contributed by atoms with van der Waals surface area (Å²) in [5.41, 5.74) is 1.70. The lowest BCUT2D eigenvalue weighted by molar-refractivity contribution is -0.119. The van der Waals surface area contributed by atoms with Gasteiger partial charge >= 0.3 is 5.69 Å². The van der Waals surface area contributed by atoms with E-state index in [-0.39, 0.29) is 30.1 Å². The number of carbonyl (C=O) groups is 2. The number of aromatic nitrogens is 2. The van der Waals surface area contributed by atoms with Gasteiger partial charge in [-0.2, -0.15) is 0 Å². The molecule has 3 rings (SSSR count). The highest BCUT2D eigenvalue weighted by Gasteiger charge is 2.27. The fourth-order valence-corrected chi connectivity index (χ4v) is 2.47. The van der Waals surface area contributed by atoms with Crippen LogP contribution >= 0.6 is 0 Å². The van der Waals surface area contributed by atoms with E-state index >= 15 is 0 Å². The van der Waals surface area contributed by atoms with Crippen LogP contribution in [-0.4, -0.2) is 34.5 Å². The number of benzene rings is 1. The molecule has 7 nitrogen and oxygen atoms in total. The molecule has 0 saturated heterocycles. The molecule has 1 aliphatic rings. The quantitative estimate of drug-likeness (QED) is 0.685. The number of nitrogens with one attached hydrogen (secondary N) is 3. The van der Waals surface area contributed by atoms with Gasteiger partial charge in [0.25, 0.3) is 5.91 Å². The Kier molecular flexibility index (Phi) is 4.01. The first-order chi connectivity index (χ1) is 11.1. The lowest BCUT2D eigenvalue weighted by Gasteiger charge is -2.06. The molecule has 2 amide bonds. The predicted octanol–water partition coefficient (Wildman–Crippen LogP) is 0.696. The highest BCUT2D eigenvalue weighted by atomic mass is 16.2. The van der Waals surface area contributed by atoms with Gasteiger partial charge in [0, 0.05) is 18.2 Å². The smallest absolute Gasteiger partial charge is 0.326 e. The van der Waals surface area contributed by atoms with E-state index in [9.17, 15) is 14.4 Å². The van der Waals surface area contributed by atoms with Gasteiger partial charge in [0.05, 0.1) is 17.6 Å². The third-order valence-corrected chi connectivity index (χ3v) is 3.74. The molecule has 7 heteroatoms. The van der Waals surface area contributed by atoms with Gasteiger partial charge in [-0.1, -0.05) is 6.08 Å². The zero-order valence-corrected chi connectivity index (χ0v) is 12.6. The second-order valence-electron chi connectivity index (χ2n) is 5.54.